The van der Waals surface area contributed by atoms with Crippen LogP contribution < -0.4 is 11.0 Å². The number of nitrogens with zero attached hydrogens (tertiary/aromatic N) is 2. The lowest BCUT2D eigenvalue weighted by Crippen LogP contribution is -2.23. The van der Waals surface area contributed by atoms with Gasteiger partial charge in [-0.1, -0.05) is 29.3 Å². The molecule has 0 saturated carbocycles. The summed E-state index contributed by atoms with van der Waals surface area (Å²) in [6, 6.07) is 13.5. The summed E-state index contributed by atoms with van der Waals surface area (Å²) in [5.41, 5.74) is 0.634. The highest BCUT2D eigenvalue weighted by atomic mass is 35.5. The quantitative estimate of drug-likeness (QED) is 0.728. The van der Waals surface area contributed by atoms with E-state index in [2.05, 4.69) is 10.3 Å². The van der Waals surface area contributed by atoms with Crippen molar-refractivity contribution in [2.24, 2.45) is 0 Å². The molecule has 3 aromatic rings. The molecule has 0 atom stereocenters. The lowest BCUT2D eigenvalue weighted by atomic mass is 10.1. The number of carbonyl (C=O) groups excluding carboxylic acids is 1. The molecule has 26 heavy (non-hydrogen) atoms. The molecule has 0 aliphatic heterocycles. The van der Waals surface area contributed by atoms with Crippen molar-refractivity contribution in [2.45, 2.75) is 11.8 Å². The van der Waals surface area contributed by atoms with E-state index in [0.29, 0.717) is 15.5 Å². The Morgan fingerprint density at radius 2 is 1.81 bits per heavy atom. The van der Waals surface area contributed by atoms with E-state index in [9.17, 15) is 14.0 Å². The van der Waals surface area contributed by atoms with Gasteiger partial charge in [0.2, 0.25) is 0 Å². The molecule has 1 heterocycles. The second-order valence-corrected chi connectivity index (χ2v) is 6.89. The number of amides is 1. The van der Waals surface area contributed by atoms with Gasteiger partial charge >= 0.3 is 5.69 Å². The summed E-state index contributed by atoms with van der Waals surface area (Å²) < 4.78 is 15.3. The molecule has 0 spiro atoms. The fraction of sp³-hybridized carbons (Fsp3) is 0.0556. The van der Waals surface area contributed by atoms with E-state index >= 15 is 0 Å². The Morgan fingerprint density at radius 1 is 1.15 bits per heavy atom. The summed E-state index contributed by atoms with van der Waals surface area (Å²) in [5.74, 6) is -1.76. The zero-order valence-corrected chi connectivity index (χ0v) is 15.1. The van der Waals surface area contributed by atoms with Gasteiger partial charge in [0.25, 0.3) is 5.91 Å². The van der Waals surface area contributed by atoms with E-state index in [1.807, 2.05) is 6.92 Å². The average Bonchev–Trinajstić information content (AvgIpc) is 2.61. The van der Waals surface area contributed by atoms with E-state index in [-0.39, 0.29) is 0 Å². The fourth-order valence-electron chi connectivity index (χ4n) is 2.06. The van der Waals surface area contributed by atoms with Crippen molar-refractivity contribution in [3.05, 3.63) is 87.2 Å². The molecule has 5 nitrogen and oxygen atoms in total. The molecule has 1 amide bonds. The topological polar surface area (TPSA) is 64.0 Å². The second-order valence-electron chi connectivity index (χ2n) is 5.41. The second kappa shape index (κ2) is 7.72. The maximum Gasteiger partial charge on any atom is 0.360 e. The van der Waals surface area contributed by atoms with Gasteiger partial charge in [0.05, 0.1) is 6.20 Å². The number of nitrogens with one attached hydrogen (secondary N) is 1. The maximum atomic E-state index is 14.3. The van der Waals surface area contributed by atoms with Gasteiger partial charge in [-0.3, -0.25) is 4.79 Å². The first kappa shape index (κ1) is 18.2. The smallest absolute Gasteiger partial charge is 0.304 e. The molecule has 3 rings (SSSR count). The number of hydrogen-bond acceptors (Lipinski definition) is 4. The molecule has 1 aromatic heterocycles. The molecular formula is C18H13ClFN3O2S. The fourth-order valence-corrected chi connectivity index (χ4v) is 2.94. The van der Waals surface area contributed by atoms with Gasteiger partial charge in [0.15, 0.2) is 11.6 Å². The monoisotopic (exact) mass is 389 g/mol. The van der Waals surface area contributed by atoms with Gasteiger partial charge in [0, 0.05) is 15.5 Å². The molecular weight excluding hydrogens is 377 g/mol. The van der Waals surface area contributed by atoms with Gasteiger partial charge in [-0.25, -0.2) is 13.2 Å². The molecule has 0 unspecified atom stereocenters. The number of hydrogen-bond donors (Lipinski definition) is 1. The van der Waals surface area contributed by atoms with Crippen molar-refractivity contribution in [1.29, 1.82) is 0 Å². The van der Waals surface area contributed by atoms with E-state index in [4.69, 9.17) is 11.6 Å². The van der Waals surface area contributed by atoms with Crippen LogP contribution in [0, 0.1) is 12.7 Å². The van der Waals surface area contributed by atoms with Gasteiger partial charge in [-0.05, 0) is 55.3 Å². The van der Waals surface area contributed by atoms with Crippen molar-refractivity contribution < 1.29 is 9.18 Å². The summed E-state index contributed by atoms with van der Waals surface area (Å²) >= 11 is 6.80. The summed E-state index contributed by atoms with van der Waals surface area (Å²) in [4.78, 5) is 28.6. The Balaban J connectivity index is 1.80. The van der Waals surface area contributed by atoms with E-state index < -0.39 is 23.2 Å². The molecule has 1 N–H and O–H groups in total. The summed E-state index contributed by atoms with van der Waals surface area (Å²) in [7, 11) is 0. The standard InChI is InChI=1S/C18H13ClFN3O2S/c1-11-2-4-12(5-3-11)17(24)21-16-15(20)10-23(18(25)22-16)26-14-8-6-13(19)7-9-14/h2-10H,1H3,(H,21,22,24,25). The number of halogens is 2. The molecule has 0 bridgehead atoms. The van der Waals surface area contributed by atoms with Gasteiger partial charge in [-0.2, -0.15) is 4.98 Å². The van der Waals surface area contributed by atoms with Crippen molar-refractivity contribution in [3.63, 3.8) is 0 Å². The van der Waals surface area contributed by atoms with Crippen LogP contribution in [0.15, 0.2) is 64.4 Å². The summed E-state index contributed by atoms with van der Waals surface area (Å²) in [6.07, 6.45) is 0.985. The van der Waals surface area contributed by atoms with Crippen molar-refractivity contribution in [3.8, 4) is 0 Å². The van der Waals surface area contributed by atoms with Crippen LogP contribution >= 0.6 is 23.5 Å². The highest BCUT2D eigenvalue weighted by Crippen LogP contribution is 2.21. The van der Waals surface area contributed by atoms with Crippen molar-refractivity contribution in [1.82, 2.24) is 8.96 Å². The summed E-state index contributed by atoms with van der Waals surface area (Å²) in [5, 5.41) is 2.88. The Labute approximate surface area is 158 Å². The minimum Gasteiger partial charge on any atom is -0.304 e. The van der Waals surface area contributed by atoms with E-state index in [0.717, 1.165) is 27.7 Å². The predicted octanol–water partition coefficient (Wildman–Crippen LogP) is 4.15. The normalized spacial score (nSPS) is 10.6. The van der Waals surface area contributed by atoms with Crippen LogP contribution in [0.2, 0.25) is 5.02 Å². The average molecular weight is 390 g/mol. The zero-order valence-electron chi connectivity index (χ0n) is 13.6. The third-order valence-corrected chi connectivity index (χ3v) is 4.61. The zero-order chi connectivity index (χ0) is 18.7. The predicted molar refractivity (Wildman–Crippen MR) is 100 cm³/mol. The third-order valence-electron chi connectivity index (χ3n) is 3.42. The van der Waals surface area contributed by atoms with Crippen LogP contribution in [0.25, 0.3) is 0 Å². The molecule has 0 aliphatic rings. The maximum absolute atomic E-state index is 14.3. The number of aromatic nitrogens is 2. The molecule has 132 valence electrons. The third kappa shape index (κ3) is 4.30. The van der Waals surface area contributed by atoms with Crippen LogP contribution in [0.3, 0.4) is 0 Å². The Morgan fingerprint density at radius 3 is 2.46 bits per heavy atom. The molecule has 0 aliphatic carbocycles. The van der Waals surface area contributed by atoms with Crippen molar-refractivity contribution in [2.75, 3.05) is 5.32 Å². The SMILES string of the molecule is Cc1ccc(C(=O)Nc2nc(=O)n(Sc3ccc(Cl)cc3)cc2F)cc1. The number of benzene rings is 2. The van der Waals surface area contributed by atoms with E-state index in [1.54, 1.807) is 48.5 Å². The molecule has 2 aromatic carbocycles. The Bertz CT molecular complexity index is 1000. The molecule has 0 saturated heterocycles. The number of rotatable bonds is 4. The molecule has 0 fully saturated rings. The van der Waals surface area contributed by atoms with Gasteiger partial charge in [-0.15, -0.1) is 0 Å². The Kier molecular flexibility index (Phi) is 5.39. The first-order chi connectivity index (χ1) is 12.4. The van der Waals surface area contributed by atoms with Crippen molar-refractivity contribution >= 4 is 35.3 Å². The Hall–Kier alpha value is -2.64. The lowest BCUT2D eigenvalue weighted by Gasteiger charge is -2.08. The molecule has 8 heteroatoms. The first-order valence-corrected chi connectivity index (χ1v) is 8.68. The summed E-state index contributed by atoms with van der Waals surface area (Å²) in [6.45, 7) is 1.89. The highest BCUT2D eigenvalue weighted by molar-refractivity contribution is 7.97. The minimum absolute atomic E-state index is 0.344. The van der Waals surface area contributed by atoms with Crippen LogP contribution in [0.1, 0.15) is 15.9 Å². The van der Waals surface area contributed by atoms with E-state index in [1.165, 1.54) is 0 Å². The van der Waals surface area contributed by atoms with Crippen LogP contribution in [0.5, 0.6) is 0 Å². The van der Waals surface area contributed by atoms with Crippen LogP contribution in [-0.4, -0.2) is 14.9 Å². The number of carbonyl (C=O) groups is 1. The van der Waals surface area contributed by atoms with Gasteiger partial charge in [0.1, 0.15) is 0 Å². The largest absolute Gasteiger partial charge is 0.360 e. The van der Waals surface area contributed by atoms with Crippen LogP contribution in [0.4, 0.5) is 10.2 Å². The lowest BCUT2D eigenvalue weighted by molar-refractivity contribution is 0.102. The van der Waals surface area contributed by atoms with Gasteiger partial charge < -0.3 is 5.32 Å². The van der Waals surface area contributed by atoms with Crippen LogP contribution in [-0.2, 0) is 0 Å². The highest BCUT2D eigenvalue weighted by Gasteiger charge is 2.14. The first-order valence-electron chi connectivity index (χ1n) is 7.53. The number of aryl methyl sites for hydroxylation is 1. The minimum atomic E-state index is -0.813. The number of anilines is 1. The molecule has 0 radical (unpaired) electrons.